The molecule has 4 nitrogen and oxygen atoms in total. The summed E-state index contributed by atoms with van der Waals surface area (Å²) in [6.45, 7) is 7.97. The largest absolute Gasteiger partial charge is 0.387 e. The maximum absolute atomic E-state index is 14.0. The van der Waals surface area contributed by atoms with Crippen LogP contribution in [-0.4, -0.2) is 25.5 Å². The normalized spacial score (nSPS) is 15.8. The van der Waals surface area contributed by atoms with Crippen molar-refractivity contribution in [1.29, 1.82) is 0 Å². The lowest BCUT2D eigenvalue weighted by molar-refractivity contribution is -0.0836. The highest BCUT2D eigenvalue weighted by Crippen LogP contribution is 2.38. The zero-order valence-electron chi connectivity index (χ0n) is 15.0. The molecule has 1 aromatic heterocycles. The molecule has 0 radical (unpaired) electrons. The Labute approximate surface area is 152 Å². The van der Waals surface area contributed by atoms with Gasteiger partial charge in [-0.2, -0.15) is 5.10 Å². The molecule has 0 saturated heterocycles. The molecule has 1 N–H and O–H groups in total. The average molecular weight is 369 g/mol. The second kappa shape index (κ2) is 7.41. The van der Waals surface area contributed by atoms with Gasteiger partial charge >= 0.3 is 0 Å². The van der Waals surface area contributed by atoms with E-state index in [9.17, 15) is 13.9 Å². The van der Waals surface area contributed by atoms with Crippen molar-refractivity contribution in [2.24, 2.45) is 5.41 Å². The van der Waals surface area contributed by atoms with E-state index in [1.165, 1.54) is 18.5 Å². The van der Waals surface area contributed by atoms with Crippen LogP contribution in [0.1, 0.15) is 52.0 Å². The fourth-order valence-corrected chi connectivity index (χ4v) is 2.99. The van der Waals surface area contributed by atoms with E-state index in [1.807, 2.05) is 27.7 Å². The highest BCUT2D eigenvalue weighted by molar-refractivity contribution is 7.80. The fraction of sp³-hybridized carbons (Fsp3) is 0.556. The lowest BCUT2D eigenvalue weighted by Crippen LogP contribution is -2.47. The summed E-state index contributed by atoms with van der Waals surface area (Å²) in [6, 6.07) is 3.62. The van der Waals surface area contributed by atoms with Gasteiger partial charge in [0.1, 0.15) is 18.0 Å². The number of aliphatic hydroxyl groups is 1. The molecule has 0 saturated carbocycles. The van der Waals surface area contributed by atoms with Gasteiger partial charge in [0.15, 0.2) is 5.16 Å². The minimum absolute atomic E-state index is 0.152. The first kappa shape index (κ1) is 19.8. The minimum Gasteiger partial charge on any atom is -0.387 e. The minimum atomic E-state index is -1.08. The van der Waals surface area contributed by atoms with Crippen LogP contribution in [0.4, 0.5) is 8.78 Å². The SMILES string of the molecule is CC(CCC(O)(Cn1ncnc1S)C(C)(C)C)c1ccc(F)cc1F. The van der Waals surface area contributed by atoms with E-state index in [-0.39, 0.29) is 12.5 Å². The summed E-state index contributed by atoms with van der Waals surface area (Å²) >= 11 is 4.24. The van der Waals surface area contributed by atoms with Crippen LogP contribution >= 0.6 is 12.6 Å². The summed E-state index contributed by atoms with van der Waals surface area (Å²) in [5, 5.41) is 15.8. The topological polar surface area (TPSA) is 50.9 Å². The van der Waals surface area contributed by atoms with Gasteiger partial charge in [-0.1, -0.05) is 33.8 Å². The highest BCUT2D eigenvalue weighted by atomic mass is 32.1. The molecule has 1 aromatic carbocycles. The van der Waals surface area contributed by atoms with Crippen molar-refractivity contribution in [2.75, 3.05) is 0 Å². The summed E-state index contributed by atoms with van der Waals surface area (Å²) in [4.78, 5) is 3.97. The molecule has 0 fully saturated rings. The van der Waals surface area contributed by atoms with E-state index in [0.717, 1.165) is 6.07 Å². The Morgan fingerprint density at radius 3 is 2.48 bits per heavy atom. The first-order valence-corrected chi connectivity index (χ1v) is 8.72. The van der Waals surface area contributed by atoms with Crippen LogP contribution in [0.3, 0.4) is 0 Å². The number of hydrogen-bond acceptors (Lipinski definition) is 4. The summed E-state index contributed by atoms with van der Waals surface area (Å²) in [5.74, 6) is -1.30. The zero-order valence-corrected chi connectivity index (χ0v) is 15.9. The van der Waals surface area contributed by atoms with Crippen LogP contribution in [0.15, 0.2) is 29.7 Å². The van der Waals surface area contributed by atoms with E-state index >= 15 is 0 Å². The van der Waals surface area contributed by atoms with Crippen LogP contribution in [0.5, 0.6) is 0 Å². The summed E-state index contributed by atoms with van der Waals surface area (Å²) in [5.41, 5.74) is -1.06. The molecule has 2 unspecified atom stereocenters. The second-order valence-corrected chi connectivity index (χ2v) is 8.00. The molecule has 0 aliphatic rings. The molecule has 2 atom stereocenters. The van der Waals surface area contributed by atoms with Crippen LogP contribution in [0.2, 0.25) is 0 Å². The van der Waals surface area contributed by atoms with Crippen molar-refractivity contribution in [3.8, 4) is 0 Å². The van der Waals surface area contributed by atoms with Gasteiger partial charge in [0.25, 0.3) is 0 Å². The molecule has 0 aliphatic heterocycles. The van der Waals surface area contributed by atoms with Crippen molar-refractivity contribution < 1.29 is 13.9 Å². The lowest BCUT2D eigenvalue weighted by Gasteiger charge is -2.41. The molecule has 7 heteroatoms. The smallest absolute Gasteiger partial charge is 0.183 e. The van der Waals surface area contributed by atoms with Gasteiger partial charge in [-0.3, -0.25) is 0 Å². The van der Waals surface area contributed by atoms with E-state index in [2.05, 4.69) is 22.7 Å². The average Bonchev–Trinajstić information content (AvgIpc) is 2.89. The summed E-state index contributed by atoms with van der Waals surface area (Å²) in [7, 11) is 0. The molecular weight excluding hydrogens is 344 g/mol. The zero-order chi connectivity index (χ0) is 18.8. The number of halogens is 2. The number of rotatable bonds is 6. The molecule has 2 aromatic rings. The Kier molecular flexibility index (Phi) is 5.89. The molecule has 25 heavy (non-hydrogen) atoms. The first-order valence-electron chi connectivity index (χ1n) is 8.27. The third-order valence-corrected chi connectivity index (χ3v) is 5.23. The van der Waals surface area contributed by atoms with E-state index in [4.69, 9.17) is 0 Å². The van der Waals surface area contributed by atoms with Gasteiger partial charge in [0.05, 0.1) is 12.1 Å². The predicted molar refractivity (Wildman–Crippen MR) is 95.7 cm³/mol. The van der Waals surface area contributed by atoms with Crippen molar-refractivity contribution >= 4 is 12.6 Å². The number of thiol groups is 1. The molecule has 0 spiro atoms. The Morgan fingerprint density at radius 1 is 1.28 bits per heavy atom. The van der Waals surface area contributed by atoms with E-state index in [1.54, 1.807) is 4.68 Å². The van der Waals surface area contributed by atoms with Gasteiger partial charge in [0.2, 0.25) is 0 Å². The molecule has 0 amide bonds. The Hall–Kier alpha value is -1.47. The van der Waals surface area contributed by atoms with Crippen LogP contribution < -0.4 is 0 Å². The van der Waals surface area contributed by atoms with Crippen molar-refractivity contribution in [3.05, 3.63) is 41.7 Å². The molecule has 0 bridgehead atoms. The van der Waals surface area contributed by atoms with E-state index in [0.29, 0.717) is 23.6 Å². The van der Waals surface area contributed by atoms with Gasteiger partial charge in [-0.05, 0) is 35.8 Å². The van der Waals surface area contributed by atoms with E-state index < -0.39 is 22.7 Å². The quantitative estimate of drug-likeness (QED) is 0.750. The predicted octanol–water partition coefficient (Wildman–Crippen LogP) is 4.21. The second-order valence-electron chi connectivity index (χ2n) is 7.60. The third kappa shape index (κ3) is 4.58. The molecule has 0 aliphatic carbocycles. The molecule has 1 heterocycles. The monoisotopic (exact) mass is 369 g/mol. The van der Waals surface area contributed by atoms with Gasteiger partial charge < -0.3 is 5.11 Å². The van der Waals surface area contributed by atoms with Crippen molar-refractivity contribution in [3.63, 3.8) is 0 Å². The van der Waals surface area contributed by atoms with Crippen molar-refractivity contribution in [1.82, 2.24) is 14.8 Å². The summed E-state index contributed by atoms with van der Waals surface area (Å²) < 4.78 is 28.6. The molecular formula is C18H25F2N3OS. The third-order valence-electron chi connectivity index (χ3n) is 4.89. The summed E-state index contributed by atoms with van der Waals surface area (Å²) in [6.07, 6.45) is 2.37. The van der Waals surface area contributed by atoms with Crippen LogP contribution in [0.25, 0.3) is 0 Å². The standard InChI is InChI=1S/C18H25F2N3OS/c1-12(14-6-5-13(19)9-15(14)20)7-8-18(24,17(2,3)4)10-23-16(25)21-11-22-23/h5-6,9,11-12,24H,7-8,10H2,1-4H3,(H,21,22,25). The number of benzene rings is 1. The van der Waals surface area contributed by atoms with Crippen LogP contribution in [-0.2, 0) is 6.54 Å². The lowest BCUT2D eigenvalue weighted by atomic mass is 9.72. The maximum Gasteiger partial charge on any atom is 0.183 e. The van der Waals surface area contributed by atoms with Gasteiger partial charge in [0, 0.05) is 6.07 Å². The Balaban J connectivity index is 2.16. The van der Waals surface area contributed by atoms with Crippen LogP contribution in [0, 0.1) is 17.0 Å². The number of aromatic nitrogens is 3. The number of hydrogen-bond donors (Lipinski definition) is 2. The van der Waals surface area contributed by atoms with Gasteiger partial charge in [-0.15, -0.1) is 12.6 Å². The first-order chi connectivity index (χ1) is 11.5. The maximum atomic E-state index is 14.0. The Bertz CT molecular complexity index is 729. The Morgan fingerprint density at radius 2 is 1.96 bits per heavy atom. The fourth-order valence-electron chi connectivity index (χ4n) is 2.82. The molecule has 2 rings (SSSR count). The van der Waals surface area contributed by atoms with Gasteiger partial charge in [-0.25, -0.2) is 18.4 Å². The highest BCUT2D eigenvalue weighted by Gasteiger charge is 2.41. The molecule has 138 valence electrons. The van der Waals surface area contributed by atoms with Crippen molar-refractivity contribution in [2.45, 2.75) is 63.8 Å². The number of nitrogens with zero attached hydrogens (tertiary/aromatic N) is 3.